The molecule has 5 rings (SSSR count). The predicted molar refractivity (Wildman–Crippen MR) is 115 cm³/mol. The summed E-state index contributed by atoms with van der Waals surface area (Å²) < 4.78 is 66.5. The molecule has 0 N–H and O–H groups in total. The van der Waals surface area contributed by atoms with Gasteiger partial charge in [0.15, 0.2) is 17.7 Å². The molecule has 4 heterocycles. The van der Waals surface area contributed by atoms with E-state index in [4.69, 9.17) is 9.47 Å². The van der Waals surface area contributed by atoms with E-state index < -0.39 is 30.3 Å². The maximum atomic E-state index is 14.0. The van der Waals surface area contributed by atoms with Crippen LogP contribution in [0.4, 0.5) is 17.6 Å². The van der Waals surface area contributed by atoms with Gasteiger partial charge in [0.25, 0.3) is 11.5 Å². The minimum absolute atomic E-state index is 0.0106. The molecule has 0 radical (unpaired) electrons. The smallest absolute Gasteiger partial charge is 0.425 e. The molecule has 1 aromatic carbocycles. The van der Waals surface area contributed by atoms with Crippen molar-refractivity contribution in [3.63, 3.8) is 0 Å². The van der Waals surface area contributed by atoms with Crippen LogP contribution in [0.3, 0.4) is 0 Å². The summed E-state index contributed by atoms with van der Waals surface area (Å²) in [5.41, 5.74) is 1.05. The van der Waals surface area contributed by atoms with Crippen LogP contribution in [0.25, 0.3) is 5.69 Å². The van der Waals surface area contributed by atoms with Crippen LogP contribution < -0.4 is 15.0 Å². The highest BCUT2D eigenvalue weighted by molar-refractivity contribution is 5.93. The van der Waals surface area contributed by atoms with Crippen molar-refractivity contribution in [2.75, 3.05) is 19.7 Å². The number of amides is 1. The minimum atomic E-state index is -4.63. The Labute approximate surface area is 196 Å². The Bertz CT molecular complexity index is 1360. The van der Waals surface area contributed by atoms with Crippen molar-refractivity contribution < 1.29 is 31.8 Å². The van der Waals surface area contributed by atoms with Crippen molar-refractivity contribution in [2.24, 2.45) is 0 Å². The number of imidazole rings is 1. The van der Waals surface area contributed by atoms with Crippen molar-refractivity contribution in [3.8, 4) is 17.2 Å². The van der Waals surface area contributed by atoms with Crippen LogP contribution >= 0.6 is 0 Å². The van der Waals surface area contributed by atoms with Gasteiger partial charge in [-0.05, 0) is 31.2 Å². The second-order valence-electron chi connectivity index (χ2n) is 8.33. The first-order valence-corrected chi connectivity index (χ1v) is 10.8. The van der Waals surface area contributed by atoms with Crippen LogP contribution in [-0.2, 0) is 13.0 Å². The van der Waals surface area contributed by atoms with Crippen molar-refractivity contribution >= 4 is 5.91 Å². The molecule has 3 aromatic rings. The van der Waals surface area contributed by atoms with Crippen molar-refractivity contribution in [3.05, 3.63) is 69.9 Å². The van der Waals surface area contributed by atoms with Crippen LogP contribution in [0.1, 0.15) is 21.7 Å². The summed E-state index contributed by atoms with van der Waals surface area (Å²) >= 11 is 0. The molecule has 0 saturated heterocycles. The van der Waals surface area contributed by atoms with Crippen molar-refractivity contribution in [1.82, 2.24) is 19.0 Å². The van der Waals surface area contributed by atoms with E-state index in [2.05, 4.69) is 4.98 Å². The number of aromatic nitrogens is 3. The van der Waals surface area contributed by atoms with Crippen LogP contribution in [0.2, 0.25) is 0 Å². The number of benzene rings is 1. The number of rotatable bonds is 5. The van der Waals surface area contributed by atoms with E-state index in [0.29, 0.717) is 5.69 Å². The lowest BCUT2D eigenvalue weighted by molar-refractivity contribution is -0.189. The Kier molecular flexibility index (Phi) is 5.53. The lowest BCUT2D eigenvalue weighted by Gasteiger charge is -2.29. The number of ether oxygens (including phenoxy) is 2. The van der Waals surface area contributed by atoms with Crippen LogP contribution in [0.15, 0.2) is 41.6 Å². The van der Waals surface area contributed by atoms with Crippen molar-refractivity contribution in [1.29, 1.82) is 0 Å². The molecule has 0 aliphatic carbocycles. The van der Waals surface area contributed by atoms with Gasteiger partial charge in [0.05, 0.1) is 18.6 Å². The van der Waals surface area contributed by atoms with E-state index >= 15 is 0 Å². The zero-order valence-electron chi connectivity index (χ0n) is 18.5. The van der Waals surface area contributed by atoms with Crippen LogP contribution in [0.5, 0.6) is 11.5 Å². The molecule has 0 bridgehead atoms. The number of carbonyl (C=O) groups is 1. The van der Waals surface area contributed by atoms with Gasteiger partial charge in [-0.25, -0.2) is 9.37 Å². The molecule has 12 heteroatoms. The van der Waals surface area contributed by atoms with Gasteiger partial charge in [0.2, 0.25) is 0 Å². The Morgan fingerprint density at radius 3 is 2.69 bits per heavy atom. The molecular weight excluding hydrogens is 472 g/mol. The Balaban J connectivity index is 1.27. The summed E-state index contributed by atoms with van der Waals surface area (Å²) in [6.07, 6.45) is -4.08. The number of hydrogen-bond acceptors (Lipinski definition) is 5. The summed E-state index contributed by atoms with van der Waals surface area (Å²) in [5, 5.41) is 0. The third kappa shape index (κ3) is 4.13. The maximum Gasteiger partial charge on any atom is 0.425 e. The lowest BCUT2D eigenvalue weighted by atomic mass is 10.1. The number of pyridine rings is 1. The van der Waals surface area contributed by atoms with Gasteiger partial charge in [-0.15, -0.1) is 0 Å². The number of nitrogens with zero attached hydrogens (tertiary/aromatic N) is 4. The van der Waals surface area contributed by atoms with Gasteiger partial charge < -0.3 is 23.5 Å². The van der Waals surface area contributed by atoms with Gasteiger partial charge in [0.1, 0.15) is 23.7 Å². The fraction of sp³-hybridized carbons (Fsp3) is 0.348. The highest BCUT2D eigenvalue weighted by atomic mass is 19.4. The second kappa shape index (κ2) is 8.43. The first-order valence-electron chi connectivity index (χ1n) is 10.8. The lowest BCUT2D eigenvalue weighted by Crippen LogP contribution is -2.46. The minimum Gasteiger partial charge on any atom is -0.491 e. The summed E-state index contributed by atoms with van der Waals surface area (Å²) in [5.74, 6) is -1.64. The average Bonchev–Trinajstić information content (AvgIpc) is 3.45. The molecule has 0 spiro atoms. The van der Waals surface area contributed by atoms with E-state index in [-0.39, 0.29) is 54.7 Å². The molecule has 2 aliphatic heterocycles. The van der Waals surface area contributed by atoms with E-state index in [9.17, 15) is 27.2 Å². The number of fused-ring (bicyclic) bond motifs is 2. The molecule has 1 unspecified atom stereocenters. The third-order valence-corrected chi connectivity index (χ3v) is 6.05. The first kappa shape index (κ1) is 22.9. The van der Waals surface area contributed by atoms with Gasteiger partial charge >= 0.3 is 6.18 Å². The van der Waals surface area contributed by atoms with E-state index in [1.807, 2.05) is 0 Å². The number of carbonyl (C=O) groups excluding carboxylic acids is 1. The molecule has 0 fully saturated rings. The predicted octanol–water partition coefficient (Wildman–Crippen LogP) is 2.88. The first-order chi connectivity index (χ1) is 16.6. The molecule has 35 heavy (non-hydrogen) atoms. The van der Waals surface area contributed by atoms with Gasteiger partial charge in [-0.1, -0.05) is 0 Å². The normalized spacial score (nSPS) is 17.2. The molecule has 1 amide bonds. The number of halogens is 4. The molecule has 1 atom stereocenters. The standard InChI is InChI=1S/C23H20F4N4O4/c1-13-11-30(12-28-13)16-3-4-17-21(32)29(6-7-31(17)22(16)33)8-9-34-18-5-2-15(24)20-14(18)10-19(35-20)23(25,26)27/h2-5,11-12,19H,6-10H2,1H3. The summed E-state index contributed by atoms with van der Waals surface area (Å²) in [4.78, 5) is 31.5. The average molecular weight is 492 g/mol. The van der Waals surface area contributed by atoms with E-state index in [1.54, 1.807) is 29.8 Å². The number of alkyl halides is 3. The van der Waals surface area contributed by atoms with Gasteiger partial charge in [-0.2, -0.15) is 13.2 Å². The Morgan fingerprint density at radius 1 is 1.17 bits per heavy atom. The largest absolute Gasteiger partial charge is 0.491 e. The monoisotopic (exact) mass is 492 g/mol. The van der Waals surface area contributed by atoms with Gasteiger partial charge in [-0.3, -0.25) is 9.59 Å². The quantitative estimate of drug-likeness (QED) is 0.512. The van der Waals surface area contributed by atoms with E-state index in [1.165, 1.54) is 21.9 Å². The molecular formula is C23H20F4N4O4. The summed E-state index contributed by atoms with van der Waals surface area (Å²) in [7, 11) is 0. The van der Waals surface area contributed by atoms with Crippen molar-refractivity contribution in [2.45, 2.75) is 32.2 Å². The molecule has 0 saturated carbocycles. The summed E-state index contributed by atoms with van der Waals surface area (Å²) in [6.45, 7) is 2.43. The number of hydrogen-bond donors (Lipinski definition) is 0. The SMILES string of the molecule is Cc1cn(-c2ccc3n(c2=O)CCN(CCOc2ccc(F)c4c2CC(C(F)(F)F)O4)C3=O)cn1. The molecule has 8 nitrogen and oxygen atoms in total. The van der Waals surface area contributed by atoms with Gasteiger partial charge in [0, 0.05) is 31.3 Å². The Morgan fingerprint density at radius 2 is 1.97 bits per heavy atom. The highest BCUT2D eigenvalue weighted by Crippen LogP contribution is 2.42. The molecule has 2 aromatic heterocycles. The fourth-order valence-corrected chi connectivity index (χ4v) is 4.28. The topological polar surface area (TPSA) is 78.6 Å². The highest BCUT2D eigenvalue weighted by Gasteiger charge is 2.47. The second-order valence-corrected chi connectivity index (χ2v) is 8.33. The van der Waals surface area contributed by atoms with Crippen LogP contribution in [-0.4, -0.2) is 56.9 Å². The zero-order chi connectivity index (χ0) is 24.9. The Hall–Kier alpha value is -3.83. The fourth-order valence-electron chi connectivity index (χ4n) is 4.28. The number of aryl methyl sites for hydroxylation is 1. The van der Waals surface area contributed by atoms with Crippen LogP contribution in [0, 0.1) is 12.7 Å². The summed E-state index contributed by atoms with van der Waals surface area (Å²) in [6, 6.07) is 5.37. The molecule has 2 aliphatic rings. The maximum absolute atomic E-state index is 14.0. The molecule has 184 valence electrons. The van der Waals surface area contributed by atoms with E-state index in [0.717, 1.165) is 11.8 Å². The zero-order valence-corrected chi connectivity index (χ0v) is 18.5. The third-order valence-electron chi connectivity index (χ3n) is 6.05.